The zero-order valence-corrected chi connectivity index (χ0v) is 13.4. The molecule has 4 nitrogen and oxygen atoms in total. The van der Waals surface area contributed by atoms with Gasteiger partial charge in [0, 0.05) is 29.4 Å². The number of hydrogen-bond acceptors (Lipinski definition) is 4. The van der Waals surface area contributed by atoms with Crippen LogP contribution in [0.15, 0.2) is 29.2 Å². The van der Waals surface area contributed by atoms with Gasteiger partial charge in [-0.1, -0.05) is 13.0 Å². The zero-order chi connectivity index (χ0) is 14.6. The van der Waals surface area contributed by atoms with Crippen LogP contribution in [0.3, 0.4) is 0 Å². The fraction of sp³-hybridized carbons (Fsp3) is 0.571. The van der Waals surface area contributed by atoms with E-state index in [9.17, 15) is 8.42 Å². The number of nitrogens with zero attached hydrogens (tertiary/aromatic N) is 1. The molecule has 0 aliphatic heterocycles. The van der Waals surface area contributed by atoms with Crippen molar-refractivity contribution in [3.63, 3.8) is 0 Å². The van der Waals surface area contributed by atoms with Crippen molar-refractivity contribution in [2.45, 2.75) is 24.7 Å². The van der Waals surface area contributed by atoms with Crippen LogP contribution < -0.4 is 5.73 Å². The van der Waals surface area contributed by atoms with E-state index in [1.165, 1.54) is 24.6 Å². The molecule has 0 saturated heterocycles. The molecule has 112 valence electrons. The monoisotopic (exact) mass is 314 g/mol. The normalized spacial score (nSPS) is 15.7. The van der Waals surface area contributed by atoms with E-state index in [2.05, 4.69) is 0 Å². The molecule has 0 atom stereocenters. The van der Waals surface area contributed by atoms with Gasteiger partial charge in [-0.05, 0) is 37.0 Å². The van der Waals surface area contributed by atoms with Gasteiger partial charge in [0.25, 0.3) is 0 Å². The van der Waals surface area contributed by atoms with E-state index >= 15 is 0 Å². The molecule has 2 rings (SSSR count). The highest BCUT2D eigenvalue weighted by molar-refractivity contribution is 8.00. The Balaban J connectivity index is 1.84. The van der Waals surface area contributed by atoms with Gasteiger partial charge in [0.15, 0.2) is 0 Å². The third-order valence-electron chi connectivity index (χ3n) is 3.37. The van der Waals surface area contributed by atoms with Crippen LogP contribution in [0.25, 0.3) is 0 Å². The highest BCUT2D eigenvalue weighted by Gasteiger charge is 2.29. The molecule has 1 saturated carbocycles. The second-order valence-electron chi connectivity index (χ2n) is 5.13. The van der Waals surface area contributed by atoms with E-state index in [0.29, 0.717) is 30.4 Å². The minimum atomic E-state index is -3.13. The van der Waals surface area contributed by atoms with Crippen LogP contribution in [-0.2, 0) is 10.0 Å². The zero-order valence-electron chi connectivity index (χ0n) is 11.8. The summed E-state index contributed by atoms with van der Waals surface area (Å²) in [6.07, 6.45) is 2.34. The van der Waals surface area contributed by atoms with Gasteiger partial charge in [-0.2, -0.15) is 0 Å². The van der Waals surface area contributed by atoms with Crippen LogP contribution in [-0.4, -0.2) is 37.3 Å². The van der Waals surface area contributed by atoms with Gasteiger partial charge in [-0.25, -0.2) is 12.7 Å². The summed E-state index contributed by atoms with van der Waals surface area (Å²) in [4.78, 5) is 1.02. The standard InChI is InChI=1S/C14H22N2O2S2/c1-2-16(11-12-6-7-12)20(17,18)9-8-19-14-5-3-4-13(15)10-14/h3-5,10,12H,2,6-9,11,15H2,1H3. The Morgan fingerprint density at radius 3 is 2.75 bits per heavy atom. The molecule has 1 aliphatic rings. The fourth-order valence-corrected chi connectivity index (χ4v) is 4.92. The molecule has 0 bridgehead atoms. The van der Waals surface area contributed by atoms with Crippen molar-refractivity contribution >= 4 is 27.5 Å². The number of hydrogen-bond donors (Lipinski definition) is 1. The number of anilines is 1. The van der Waals surface area contributed by atoms with Crippen LogP contribution in [0.1, 0.15) is 19.8 Å². The lowest BCUT2D eigenvalue weighted by atomic mass is 10.3. The van der Waals surface area contributed by atoms with Gasteiger partial charge >= 0.3 is 0 Å². The first kappa shape index (κ1) is 15.7. The fourth-order valence-electron chi connectivity index (χ4n) is 2.03. The first-order valence-electron chi connectivity index (χ1n) is 6.97. The topological polar surface area (TPSA) is 63.4 Å². The van der Waals surface area contributed by atoms with Gasteiger partial charge in [0.05, 0.1) is 5.75 Å². The van der Waals surface area contributed by atoms with Crippen molar-refractivity contribution in [2.75, 3.05) is 30.3 Å². The lowest BCUT2D eigenvalue weighted by Crippen LogP contribution is -2.35. The maximum atomic E-state index is 12.3. The minimum absolute atomic E-state index is 0.188. The molecule has 1 fully saturated rings. The highest BCUT2D eigenvalue weighted by atomic mass is 32.2. The van der Waals surface area contributed by atoms with Crippen LogP contribution >= 0.6 is 11.8 Å². The predicted octanol–water partition coefficient (Wildman–Crippen LogP) is 2.42. The Morgan fingerprint density at radius 2 is 2.15 bits per heavy atom. The molecule has 0 radical (unpaired) electrons. The molecule has 2 N–H and O–H groups in total. The predicted molar refractivity (Wildman–Crippen MR) is 85.3 cm³/mol. The maximum Gasteiger partial charge on any atom is 0.214 e. The lowest BCUT2D eigenvalue weighted by molar-refractivity contribution is 0.413. The van der Waals surface area contributed by atoms with Crippen LogP contribution in [0.2, 0.25) is 0 Å². The van der Waals surface area contributed by atoms with E-state index in [-0.39, 0.29) is 5.75 Å². The van der Waals surface area contributed by atoms with Crippen LogP contribution in [0.5, 0.6) is 0 Å². The van der Waals surface area contributed by atoms with Crippen molar-refractivity contribution in [1.29, 1.82) is 0 Å². The Labute approximate surface area is 125 Å². The summed E-state index contributed by atoms with van der Waals surface area (Å²) in [5.41, 5.74) is 6.42. The third-order valence-corrected chi connectivity index (χ3v) is 6.54. The van der Waals surface area contributed by atoms with Crippen LogP contribution in [0.4, 0.5) is 5.69 Å². The number of sulfonamides is 1. The summed E-state index contributed by atoms with van der Waals surface area (Å²) < 4.78 is 26.2. The smallest absolute Gasteiger partial charge is 0.214 e. The number of nitrogens with two attached hydrogens (primary N) is 1. The van der Waals surface area contributed by atoms with E-state index < -0.39 is 10.0 Å². The van der Waals surface area contributed by atoms with E-state index in [1.54, 1.807) is 4.31 Å². The summed E-state index contributed by atoms with van der Waals surface area (Å²) in [7, 11) is -3.13. The van der Waals surface area contributed by atoms with Crippen molar-refractivity contribution in [3.8, 4) is 0 Å². The lowest BCUT2D eigenvalue weighted by Gasteiger charge is -2.20. The summed E-state index contributed by atoms with van der Waals surface area (Å²) in [6, 6.07) is 7.54. The minimum Gasteiger partial charge on any atom is -0.399 e. The Hall–Kier alpha value is -0.720. The Bertz CT molecular complexity index is 542. The molecule has 0 aromatic heterocycles. The van der Waals surface area contributed by atoms with Gasteiger partial charge in [0.2, 0.25) is 10.0 Å². The van der Waals surface area contributed by atoms with E-state index in [1.807, 2.05) is 31.2 Å². The average Bonchev–Trinajstić information content (AvgIpc) is 3.19. The molecule has 1 aliphatic carbocycles. The largest absolute Gasteiger partial charge is 0.399 e. The van der Waals surface area contributed by atoms with Crippen LogP contribution in [0, 0.1) is 5.92 Å². The molecular weight excluding hydrogens is 292 g/mol. The van der Waals surface area contributed by atoms with Crippen molar-refractivity contribution in [3.05, 3.63) is 24.3 Å². The molecular formula is C14H22N2O2S2. The molecule has 0 spiro atoms. The molecule has 0 unspecified atom stereocenters. The third kappa shape index (κ3) is 4.68. The Morgan fingerprint density at radius 1 is 1.40 bits per heavy atom. The van der Waals surface area contributed by atoms with E-state index in [4.69, 9.17) is 5.73 Å². The van der Waals surface area contributed by atoms with Gasteiger partial charge in [0.1, 0.15) is 0 Å². The second kappa shape index (κ2) is 6.83. The SMILES string of the molecule is CCN(CC1CC1)S(=O)(=O)CCSc1cccc(N)c1. The summed E-state index contributed by atoms with van der Waals surface area (Å²) in [5, 5.41) is 0. The first-order valence-corrected chi connectivity index (χ1v) is 9.57. The van der Waals surface area contributed by atoms with Gasteiger partial charge < -0.3 is 5.73 Å². The van der Waals surface area contributed by atoms with Gasteiger partial charge in [-0.15, -0.1) is 11.8 Å². The maximum absolute atomic E-state index is 12.3. The molecule has 0 amide bonds. The number of thioether (sulfide) groups is 1. The van der Waals surface area contributed by atoms with Crippen molar-refractivity contribution in [2.24, 2.45) is 5.92 Å². The number of nitrogen functional groups attached to an aromatic ring is 1. The van der Waals surface area contributed by atoms with E-state index in [0.717, 1.165) is 4.90 Å². The quantitative estimate of drug-likeness (QED) is 0.591. The summed E-state index contributed by atoms with van der Waals surface area (Å²) in [5.74, 6) is 1.34. The molecule has 0 heterocycles. The first-order chi connectivity index (χ1) is 9.51. The average molecular weight is 314 g/mol. The van der Waals surface area contributed by atoms with Crippen molar-refractivity contribution in [1.82, 2.24) is 4.31 Å². The second-order valence-corrected chi connectivity index (χ2v) is 8.39. The highest BCUT2D eigenvalue weighted by Crippen LogP contribution is 2.30. The molecule has 6 heteroatoms. The molecule has 1 aromatic rings. The number of benzene rings is 1. The Kier molecular flexibility index (Phi) is 5.35. The van der Waals surface area contributed by atoms with Crippen molar-refractivity contribution < 1.29 is 8.42 Å². The summed E-state index contributed by atoms with van der Waals surface area (Å²) >= 11 is 1.54. The van der Waals surface area contributed by atoms with Gasteiger partial charge in [-0.3, -0.25) is 0 Å². The molecule has 1 aromatic carbocycles. The number of rotatable bonds is 8. The summed E-state index contributed by atoms with van der Waals surface area (Å²) in [6.45, 7) is 3.18. The molecule has 20 heavy (non-hydrogen) atoms.